The van der Waals surface area contributed by atoms with Gasteiger partial charge in [-0.3, -0.25) is 9.59 Å². The van der Waals surface area contributed by atoms with Crippen molar-refractivity contribution in [3.63, 3.8) is 0 Å². The lowest BCUT2D eigenvalue weighted by atomic mass is 10.1. The third-order valence-corrected chi connectivity index (χ3v) is 4.90. The normalized spacial score (nSPS) is 11.0. The number of carbonyl (C=O) groups is 2. The van der Waals surface area contributed by atoms with Gasteiger partial charge in [0.25, 0.3) is 0 Å². The molecule has 8 nitrogen and oxygen atoms in total. The predicted molar refractivity (Wildman–Crippen MR) is 110 cm³/mol. The van der Waals surface area contributed by atoms with Gasteiger partial charge in [0.1, 0.15) is 24.7 Å². The van der Waals surface area contributed by atoms with Crippen molar-refractivity contribution in [2.24, 2.45) is 5.14 Å². The molecule has 0 amide bonds. The summed E-state index contributed by atoms with van der Waals surface area (Å²) in [5.41, 5.74) is 0.512. The quantitative estimate of drug-likeness (QED) is 0.309. The molecule has 30 heavy (non-hydrogen) atoms. The van der Waals surface area contributed by atoms with Gasteiger partial charge in [-0.05, 0) is 55.0 Å². The lowest BCUT2D eigenvalue weighted by Crippen LogP contribution is -2.14. The molecule has 0 aliphatic rings. The summed E-state index contributed by atoms with van der Waals surface area (Å²) in [6, 6.07) is 12.4. The first-order valence-corrected chi connectivity index (χ1v) is 11.0. The molecule has 0 unspecified atom stereocenters. The van der Waals surface area contributed by atoms with Crippen LogP contribution in [0.5, 0.6) is 11.5 Å². The van der Waals surface area contributed by atoms with Gasteiger partial charge in [0, 0.05) is 12.0 Å². The van der Waals surface area contributed by atoms with E-state index in [4.69, 9.17) is 19.3 Å². The fourth-order valence-corrected chi connectivity index (χ4v) is 2.95. The number of rotatable bonds is 12. The van der Waals surface area contributed by atoms with Gasteiger partial charge in [0.05, 0.1) is 17.9 Å². The Bertz CT molecular complexity index is 938. The third-order valence-electron chi connectivity index (χ3n) is 3.97. The number of sulfonamides is 1. The maximum absolute atomic E-state index is 12.2. The van der Waals surface area contributed by atoms with E-state index in [2.05, 4.69) is 0 Å². The Balaban J connectivity index is 1.66. The van der Waals surface area contributed by atoms with Crippen molar-refractivity contribution < 1.29 is 32.2 Å². The molecule has 2 aromatic carbocycles. The van der Waals surface area contributed by atoms with Crippen molar-refractivity contribution in [1.29, 1.82) is 0 Å². The minimum absolute atomic E-state index is 0.00737. The Hall–Kier alpha value is -2.91. The lowest BCUT2D eigenvalue weighted by molar-refractivity contribution is -0.144. The predicted octanol–water partition coefficient (Wildman–Crippen LogP) is 2.71. The highest BCUT2D eigenvalue weighted by Crippen LogP contribution is 2.16. The van der Waals surface area contributed by atoms with Gasteiger partial charge >= 0.3 is 5.97 Å². The van der Waals surface area contributed by atoms with Crippen LogP contribution in [0.15, 0.2) is 53.4 Å². The van der Waals surface area contributed by atoms with Crippen molar-refractivity contribution in [2.75, 3.05) is 19.8 Å². The average molecular weight is 435 g/mol. The number of primary sulfonamides is 1. The number of carbonyl (C=O) groups excluding carboxylic acids is 2. The van der Waals surface area contributed by atoms with E-state index in [0.717, 1.165) is 6.42 Å². The number of Topliss-reactive ketones (excluding diaryl/α,β-unsaturated/α-hetero) is 1. The summed E-state index contributed by atoms with van der Waals surface area (Å²) in [6.07, 6.45) is 0.915. The van der Waals surface area contributed by atoms with Gasteiger partial charge in [-0.25, -0.2) is 13.6 Å². The van der Waals surface area contributed by atoms with E-state index in [0.29, 0.717) is 23.7 Å². The molecule has 0 aliphatic heterocycles. The van der Waals surface area contributed by atoms with Crippen molar-refractivity contribution in [2.45, 2.75) is 31.1 Å². The van der Waals surface area contributed by atoms with Gasteiger partial charge in [0.15, 0.2) is 5.78 Å². The SMILES string of the molecule is CCCOc1ccc(C(=O)CCC(=O)OCCOc2ccc(S(N)(=O)=O)cc2)cc1. The van der Waals surface area contributed by atoms with E-state index in [-0.39, 0.29) is 36.7 Å². The Morgan fingerprint density at radius 3 is 1.97 bits per heavy atom. The monoisotopic (exact) mass is 435 g/mol. The lowest BCUT2D eigenvalue weighted by Gasteiger charge is -2.08. The standard InChI is InChI=1S/C21H25NO7S/c1-2-13-27-17-5-3-16(4-6-17)20(23)11-12-21(24)29-15-14-28-18-7-9-19(10-8-18)30(22,25)26/h3-10H,2,11-15H2,1H3,(H2,22,25,26). The highest BCUT2D eigenvalue weighted by atomic mass is 32.2. The molecule has 0 heterocycles. The maximum atomic E-state index is 12.2. The zero-order valence-electron chi connectivity index (χ0n) is 16.7. The summed E-state index contributed by atoms with van der Waals surface area (Å²) in [5, 5.41) is 5.02. The molecule has 2 rings (SSSR count). The molecule has 2 N–H and O–H groups in total. The molecular formula is C21H25NO7S. The zero-order chi connectivity index (χ0) is 22.0. The Morgan fingerprint density at radius 2 is 1.40 bits per heavy atom. The highest BCUT2D eigenvalue weighted by molar-refractivity contribution is 7.89. The summed E-state index contributed by atoms with van der Waals surface area (Å²) in [7, 11) is -3.75. The Labute approximate surface area is 176 Å². The molecular weight excluding hydrogens is 410 g/mol. The average Bonchev–Trinajstić information content (AvgIpc) is 2.73. The molecule has 0 saturated carbocycles. The smallest absolute Gasteiger partial charge is 0.306 e. The fraction of sp³-hybridized carbons (Fsp3) is 0.333. The van der Waals surface area contributed by atoms with Gasteiger partial charge in [-0.15, -0.1) is 0 Å². The molecule has 0 spiro atoms. The number of nitrogens with two attached hydrogens (primary N) is 1. The number of esters is 1. The number of ether oxygens (including phenoxy) is 3. The minimum atomic E-state index is -3.75. The molecule has 0 aromatic heterocycles. The zero-order valence-corrected chi connectivity index (χ0v) is 17.5. The minimum Gasteiger partial charge on any atom is -0.494 e. The maximum Gasteiger partial charge on any atom is 0.306 e. The van der Waals surface area contributed by atoms with Crippen LogP contribution >= 0.6 is 0 Å². The molecule has 0 radical (unpaired) electrons. The van der Waals surface area contributed by atoms with Gasteiger partial charge in [0.2, 0.25) is 10.0 Å². The van der Waals surface area contributed by atoms with Crippen LogP contribution in [0.3, 0.4) is 0 Å². The van der Waals surface area contributed by atoms with E-state index >= 15 is 0 Å². The molecule has 2 aromatic rings. The first-order valence-electron chi connectivity index (χ1n) is 9.47. The van der Waals surface area contributed by atoms with Crippen LogP contribution in [-0.4, -0.2) is 40.0 Å². The number of benzene rings is 2. The van der Waals surface area contributed by atoms with Crippen molar-refractivity contribution in [1.82, 2.24) is 0 Å². The van der Waals surface area contributed by atoms with Gasteiger partial charge < -0.3 is 14.2 Å². The third kappa shape index (κ3) is 7.84. The van der Waals surface area contributed by atoms with Crippen LogP contribution in [0.2, 0.25) is 0 Å². The molecule has 9 heteroatoms. The number of ketones is 1. The molecule has 0 aliphatic carbocycles. The summed E-state index contributed by atoms with van der Waals surface area (Å²) < 4.78 is 38.2. The summed E-state index contributed by atoms with van der Waals surface area (Å²) in [4.78, 5) is 23.9. The molecule has 0 saturated heterocycles. The largest absolute Gasteiger partial charge is 0.494 e. The molecule has 0 fully saturated rings. The van der Waals surface area contributed by atoms with Crippen molar-refractivity contribution in [3.05, 3.63) is 54.1 Å². The first-order chi connectivity index (χ1) is 14.3. The van der Waals surface area contributed by atoms with E-state index in [1.165, 1.54) is 24.3 Å². The van der Waals surface area contributed by atoms with Crippen molar-refractivity contribution >= 4 is 21.8 Å². The van der Waals surface area contributed by atoms with Crippen LogP contribution < -0.4 is 14.6 Å². The Kier molecular flexibility index (Phi) is 8.82. The van der Waals surface area contributed by atoms with Crippen LogP contribution in [-0.2, 0) is 19.6 Å². The summed E-state index contributed by atoms with van der Waals surface area (Å²) >= 11 is 0. The fourth-order valence-electron chi connectivity index (χ4n) is 2.43. The Morgan fingerprint density at radius 1 is 0.833 bits per heavy atom. The second-order valence-corrected chi connectivity index (χ2v) is 7.94. The molecule has 0 atom stereocenters. The van der Waals surface area contributed by atoms with Gasteiger partial charge in [-0.1, -0.05) is 6.92 Å². The molecule has 0 bridgehead atoms. The highest BCUT2D eigenvalue weighted by Gasteiger charge is 2.11. The molecule has 162 valence electrons. The van der Waals surface area contributed by atoms with Crippen LogP contribution in [0.25, 0.3) is 0 Å². The van der Waals surface area contributed by atoms with Crippen molar-refractivity contribution in [3.8, 4) is 11.5 Å². The summed E-state index contributed by atoms with van der Waals surface area (Å²) in [5.74, 6) is 0.465. The first kappa shape index (κ1) is 23.4. The van der Waals surface area contributed by atoms with E-state index in [1.807, 2.05) is 6.92 Å². The van der Waals surface area contributed by atoms with Crippen LogP contribution in [0.4, 0.5) is 0 Å². The van der Waals surface area contributed by atoms with Crippen LogP contribution in [0, 0.1) is 0 Å². The summed E-state index contributed by atoms with van der Waals surface area (Å²) in [6.45, 7) is 2.72. The second kappa shape index (κ2) is 11.3. The number of hydrogen-bond donors (Lipinski definition) is 1. The topological polar surface area (TPSA) is 122 Å². The van der Waals surface area contributed by atoms with E-state index in [9.17, 15) is 18.0 Å². The van der Waals surface area contributed by atoms with E-state index in [1.54, 1.807) is 24.3 Å². The van der Waals surface area contributed by atoms with Crippen LogP contribution in [0.1, 0.15) is 36.5 Å². The number of hydrogen-bond acceptors (Lipinski definition) is 7. The second-order valence-electron chi connectivity index (χ2n) is 6.38. The van der Waals surface area contributed by atoms with Gasteiger partial charge in [-0.2, -0.15) is 0 Å². The van der Waals surface area contributed by atoms with E-state index < -0.39 is 16.0 Å².